The van der Waals surface area contributed by atoms with Crippen LogP contribution in [-0.4, -0.2) is 51.1 Å². The van der Waals surface area contributed by atoms with Gasteiger partial charge in [-0.05, 0) is 33.2 Å². The average Bonchev–Trinajstić information content (AvgIpc) is 2.62. The van der Waals surface area contributed by atoms with Crippen molar-refractivity contribution in [1.29, 1.82) is 0 Å². The van der Waals surface area contributed by atoms with E-state index in [0.717, 1.165) is 11.3 Å². The molecule has 6 nitrogen and oxygen atoms in total. The summed E-state index contributed by atoms with van der Waals surface area (Å²) in [4.78, 5) is 13.0. The average molecular weight is 306 g/mol. The third-order valence-electron chi connectivity index (χ3n) is 2.22. The van der Waals surface area contributed by atoms with Crippen LogP contribution >= 0.6 is 11.3 Å². The summed E-state index contributed by atoms with van der Waals surface area (Å²) >= 11 is 0.984. The Morgan fingerprint density at radius 1 is 1.47 bits per heavy atom. The number of rotatable bonds is 7. The SMILES string of the molecule is CC(CN(C)C)NS(=O)(=O)c1ccc(CC(=O)O)s1. The van der Waals surface area contributed by atoms with Crippen LogP contribution in [0, 0.1) is 0 Å². The van der Waals surface area contributed by atoms with Crippen molar-refractivity contribution in [2.24, 2.45) is 0 Å². The molecule has 8 heteroatoms. The van der Waals surface area contributed by atoms with E-state index in [1.54, 1.807) is 6.92 Å². The number of nitrogens with one attached hydrogen (secondary N) is 1. The van der Waals surface area contributed by atoms with Crippen molar-refractivity contribution in [2.75, 3.05) is 20.6 Å². The molecule has 1 unspecified atom stereocenters. The van der Waals surface area contributed by atoms with Crippen LogP contribution in [0.2, 0.25) is 0 Å². The second kappa shape index (κ2) is 6.47. The zero-order chi connectivity index (χ0) is 14.6. The van der Waals surface area contributed by atoms with Gasteiger partial charge in [-0.3, -0.25) is 4.79 Å². The van der Waals surface area contributed by atoms with Crippen LogP contribution in [0.1, 0.15) is 11.8 Å². The van der Waals surface area contributed by atoms with Crippen molar-refractivity contribution in [3.05, 3.63) is 17.0 Å². The van der Waals surface area contributed by atoms with E-state index in [4.69, 9.17) is 5.11 Å². The lowest BCUT2D eigenvalue weighted by Gasteiger charge is -2.17. The molecule has 0 amide bonds. The number of hydrogen-bond donors (Lipinski definition) is 2. The number of thiophene rings is 1. The van der Waals surface area contributed by atoms with E-state index in [1.807, 2.05) is 19.0 Å². The van der Waals surface area contributed by atoms with Crippen LogP contribution in [0.3, 0.4) is 0 Å². The number of carboxylic acid groups (broad SMARTS) is 1. The molecule has 2 N–H and O–H groups in total. The fourth-order valence-corrected chi connectivity index (χ4v) is 4.25. The van der Waals surface area contributed by atoms with Crippen molar-refractivity contribution in [1.82, 2.24) is 9.62 Å². The largest absolute Gasteiger partial charge is 0.481 e. The van der Waals surface area contributed by atoms with Crippen LogP contribution in [0.25, 0.3) is 0 Å². The van der Waals surface area contributed by atoms with Crippen molar-refractivity contribution in [3.8, 4) is 0 Å². The van der Waals surface area contributed by atoms with Crippen LogP contribution in [-0.2, 0) is 21.2 Å². The van der Waals surface area contributed by atoms with Gasteiger partial charge in [0.2, 0.25) is 10.0 Å². The normalized spacial score (nSPS) is 13.7. The quantitative estimate of drug-likeness (QED) is 0.770. The molecule has 1 atom stereocenters. The minimum absolute atomic E-state index is 0.148. The third-order valence-corrected chi connectivity index (χ3v) is 5.39. The van der Waals surface area contributed by atoms with Gasteiger partial charge in [0.25, 0.3) is 0 Å². The molecule has 1 aromatic rings. The number of hydrogen-bond acceptors (Lipinski definition) is 5. The molecule has 1 aromatic heterocycles. The minimum atomic E-state index is -3.57. The molecule has 0 aliphatic heterocycles. The highest BCUT2D eigenvalue weighted by molar-refractivity contribution is 7.91. The molecule has 0 saturated carbocycles. The number of carboxylic acids is 1. The van der Waals surface area contributed by atoms with Gasteiger partial charge < -0.3 is 10.0 Å². The Morgan fingerprint density at radius 3 is 2.63 bits per heavy atom. The number of aliphatic carboxylic acids is 1. The zero-order valence-electron chi connectivity index (χ0n) is 11.1. The molecule has 0 radical (unpaired) electrons. The summed E-state index contributed by atoms with van der Waals surface area (Å²) in [5.41, 5.74) is 0. The Balaban J connectivity index is 2.77. The minimum Gasteiger partial charge on any atom is -0.481 e. The Bertz CT molecular complexity index is 537. The second-order valence-corrected chi connectivity index (χ2v) is 7.68. The molecule has 0 saturated heterocycles. The summed E-state index contributed by atoms with van der Waals surface area (Å²) in [6.07, 6.45) is -0.159. The first kappa shape index (κ1) is 16.1. The molecule has 1 rings (SSSR count). The van der Waals surface area contributed by atoms with Crippen molar-refractivity contribution >= 4 is 27.3 Å². The summed E-state index contributed by atoms with van der Waals surface area (Å²) in [5.74, 6) is -0.972. The maximum absolute atomic E-state index is 12.1. The van der Waals surface area contributed by atoms with E-state index in [0.29, 0.717) is 11.4 Å². The summed E-state index contributed by atoms with van der Waals surface area (Å²) in [6.45, 7) is 2.37. The molecule has 1 heterocycles. The van der Waals surface area contributed by atoms with Gasteiger partial charge in [-0.15, -0.1) is 11.3 Å². The molecule has 108 valence electrons. The number of carbonyl (C=O) groups is 1. The molecule has 0 aliphatic carbocycles. The van der Waals surface area contributed by atoms with Gasteiger partial charge in [0, 0.05) is 17.5 Å². The number of nitrogens with zero attached hydrogens (tertiary/aromatic N) is 1. The summed E-state index contributed by atoms with van der Waals surface area (Å²) < 4.78 is 26.8. The van der Waals surface area contributed by atoms with Crippen molar-refractivity contribution in [2.45, 2.75) is 23.6 Å². The molecular formula is C11H18N2O4S2. The topological polar surface area (TPSA) is 86.7 Å². The van der Waals surface area contributed by atoms with Gasteiger partial charge in [-0.1, -0.05) is 0 Å². The highest BCUT2D eigenvalue weighted by atomic mass is 32.2. The monoisotopic (exact) mass is 306 g/mol. The van der Waals surface area contributed by atoms with Crippen molar-refractivity contribution < 1.29 is 18.3 Å². The van der Waals surface area contributed by atoms with E-state index < -0.39 is 16.0 Å². The fraction of sp³-hybridized carbons (Fsp3) is 0.545. The van der Waals surface area contributed by atoms with Crippen LogP contribution < -0.4 is 4.72 Å². The van der Waals surface area contributed by atoms with E-state index >= 15 is 0 Å². The Morgan fingerprint density at radius 2 is 2.11 bits per heavy atom. The molecule has 0 aliphatic rings. The molecule has 0 bridgehead atoms. The summed E-state index contributed by atoms with van der Waals surface area (Å²) in [6, 6.07) is 2.75. The molecule has 0 aromatic carbocycles. The standard InChI is InChI=1S/C11H18N2O4S2/c1-8(7-13(2)3)12-19(16,17)11-5-4-9(18-11)6-10(14)15/h4-5,8,12H,6-7H2,1-3H3,(H,14,15). The Kier molecular flexibility index (Phi) is 5.48. The lowest BCUT2D eigenvalue weighted by molar-refractivity contribution is -0.136. The van der Waals surface area contributed by atoms with E-state index in [9.17, 15) is 13.2 Å². The van der Waals surface area contributed by atoms with E-state index in [-0.39, 0.29) is 16.7 Å². The fourth-order valence-electron chi connectivity index (χ4n) is 1.65. The first-order valence-corrected chi connectivity index (χ1v) is 7.98. The predicted molar refractivity (Wildman–Crippen MR) is 74.0 cm³/mol. The Hall–Kier alpha value is -0.960. The molecule has 0 fully saturated rings. The van der Waals surface area contributed by atoms with Gasteiger partial charge in [0.1, 0.15) is 4.21 Å². The van der Waals surface area contributed by atoms with E-state index in [1.165, 1.54) is 12.1 Å². The molecule has 19 heavy (non-hydrogen) atoms. The first-order valence-electron chi connectivity index (χ1n) is 5.68. The van der Waals surface area contributed by atoms with Gasteiger partial charge in [-0.25, -0.2) is 13.1 Å². The molecular weight excluding hydrogens is 288 g/mol. The van der Waals surface area contributed by atoms with Crippen LogP contribution in [0.15, 0.2) is 16.3 Å². The highest BCUT2D eigenvalue weighted by Crippen LogP contribution is 2.22. The van der Waals surface area contributed by atoms with Gasteiger partial charge in [0.15, 0.2) is 0 Å². The lowest BCUT2D eigenvalue weighted by Crippen LogP contribution is -2.39. The van der Waals surface area contributed by atoms with Gasteiger partial charge in [0.05, 0.1) is 6.42 Å². The number of likely N-dealkylation sites (N-methyl/N-ethyl adjacent to an activating group) is 1. The summed E-state index contributed by atoms with van der Waals surface area (Å²) in [5, 5.41) is 8.66. The van der Waals surface area contributed by atoms with Crippen LogP contribution in [0.4, 0.5) is 0 Å². The van der Waals surface area contributed by atoms with E-state index in [2.05, 4.69) is 4.72 Å². The maximum atomic E-state index is 12.1. The van der Waals surface area contributed by atoms with Gasteiger partial charge >= 0.3 is 5.97 Å². The first-order chi connectivity index (χ1) is 8.70. The Labute approximate surface area is 117 Å². The zero-order valence-corrected chi connectivity index (χ0v) is 12.7. The van der Waals surface area contributed by atoms with Gasteiger partial charge in [-0.2, -0.15) is 0 Å². The third kappa shape index (κ3) is 5.27. The van der Waals surface area contributed by atoms with Crippen molar-refractivity contribution in [3.63, 3.8) is 0 Å². The smallest absolute Gasteiger partial charge is 0.308 e. The predicted octanol–water partition coefficient (Wildman–Crippen LogP) is 0.604. The van der Waals surface area contributed by atoms with Crippen LogP contribution in [0.5, 0.6) is 0 Å². The second-order valence-electron chi connectivity index (χ2n) is 4.58. The molecule has 0 spiro atoms. The maximum Gasteiger partial charge on any atom is 0.308 e. The number of sulfonamides is 1. The highest BCUT2D eigenvalue weighted by Gasteiger charge is 2.20. The lowest BCUT2D eigenvalue weighted by atomic mass is 10.3. The summed E-state index contributed by atoms with van der Waals surface area (Å²) in [7, 11) is 0.153.